The van der Waals surface area contributed by atoms with Gasteiger partial charge in [0.15, 0.2) is 6.10 Å². The van der Waals surface area contributed by atoms with E-state index >= 15 is 0 Å². The Balaban J connectivity index is 1.63. The molecule has 1 aromatic carbocycles. The summed E-state index contributed by atoms with van der Waals surface area (Å²) < 4.78 is 5.23. The van der Waals surface area contributed by atoms with Crippen molar-refractivity contribution in [2.75, 3.05) is 5.32 Å². The summed E-state index contributed by atoms with van der Waals surface area (Å²) in [6.45, 7) is 4.63. The highest BCUT2D eigenvalue weighted by Crippen LogP contribution is 2.36. The van der Waals surface area contributed by atoms with Crippen molar-refractivity contribution < 1.29 is 23.9 Å². The number of rotatable bonds is 5. The average Bonchev–Trinajstić information content (AvgIpc) is 2.95. The fraction of sp³-hybridized carbons (Fsp3) is 0.429. The van der Waals surface area contributed by atoms with Gasteiger partial charge in [0.1, 0.15) is 6.04 Å². The highest BCUT2D eigenvalue weighted by Gasteiger charge is 2.50. The number of halogens is 1. The van der Waals surface area contributed by atoms with Crippen molar-refractivity contribution in [1.29, 1.82) is 0 Å². The van der Waals surface area contributed by atoms with Gasteiger partial charge in [0, 0.05) is 10.7 Å². The first kappa shape index (κ1) is 21.0. The van der Waals surface area contributed by atoms with Crippen molar-refractivity contribution in [3.05, 3.63) is 40.9 Å². The first-order valence-electron chi connectivity index (χ1n) is 9.50. The minimum absolute atomic E-state index is 0.361. The van der Waals surface area contributed by atoms with Crippen LogP contribution < -0.4 is 5.32 Å². The monoisotopic (exact) mass is 418 g/mol. The summed E-state index contributed by atoms with van der Waals surface area (Å²) in [5, 5.41) is 3.17. The first-order valence-corrected chi connectivity index (χ1v) is 9.88. The maximum absolute atomic E-state index is 12.6. The van der Waals surface area contributed by atoms with Crippen molar-refractivity contribution in [2.45, 2.75) is 45.8 Å². The molecule has 3 amide bonds. The van der Waals surface area contributed by atoms with Crippen molar-refractivity contribution in [1.82, 2.24) is 4.90 Å². The van der Waals surface area contributed by atoms with E-state index < -0.39 is 35.9 Å². The largest absolute Gasteiger partial charge is 0.451 e. The van der Waals surface area contributed by atoms with Gasteiger partial charge in [-0.15, -0.1) is 0 Å². The fourth-order valence-electron chi connectivity index (χ4n) is 3.62. The molecule has 1 aliphatic heterocycles. The molecule has 2 aliphatic rings. The van der Waals surface area contributed by atoms with Crippen LogP contribution in [0.5, 0.6) is 0 Å². The number of esters is 1. The van der Waals surface area contributed by atoms with Crippen LogP contribution in [0.4, 0.5) is 5.69 Å². The number of benzene rings is 1. The normalized spacial score (nSPS) is 22.8. The number of ether oxygens (including phenoxy) is 1. The average molecular weight is 419 g/mol. The molecule has 0 unspecified atom stereocenters. The Hall–Kier alpha value is -2.67. The molecule has 154 valence electrons. The maximum atomic E-state index is 12.6. The number of anilines is 1. The smallest absolute Gasteiger partial charge is 0.329 e. The molecular weight excluding hydrogens is 396 g/mol. The molecule has 0 saturated carbocycles. The van der Waals surface area contributed by atoms with Gasteiger partial charge in [-0.2, -0.15) is 0 Å². The molecule has 1 aromatic rings. The number of nitrogens with one attached hydrogen (secondary N) is 1. The van der Waals surface area contributed by atoms with E-state index in [1.165, 1.54) is 13.8 Å². The number of likely N-dealkylation sites (tertiary alicyclic amines) is 1. The third-order valence-electron chi connectivity index (χ3n) is 5.46. The van der Waals surface area contributed by atoms with Gasteiger partial charge in [0.2, 0.25) is 11.8 Å². The van der Waals surface area contributed by atoms with Gasteiger partial charge in [-0.05, 0) is 51.3 Å². The molecule has 1 aliphatic carbocycles. The zero-order valence-electron chi connectivity index (χ0n) is 16.5. The summed E-state index contributed by atoms with van der Waals surface area (Å²) in [5.41, 5.74) is 1.21. The number of hydrogen-bond donors (Lipinski definition) is 1. The van der Waals surface area contributed by atoms with E-state index in [0.29, 0.717) is 29.1 Å². The van der Waals surface area contributed by atoms with Crippen molar-refractivity contribution in [2.24, 2.45) is 11.8 Å². The summed E-state index contributed by atoms with van der Waals surface area (Å²) in [5.74, 6) is -2.90. The van der Waals surface area contributed by atoms with E-state index in [2.05, 4.69) is 5.32 Å². The highest BCUT2D eigenvalue weighted by molar-refractivity contribution is 6.31. The summed E-state index contributed by atoms with van der Waals surface area (Å²) in [6.07, 6.45) is 3.63. The molecule has 0 aromatic heterocycles. The van der Waals surface area contributed by atoms with Gasteiger partial charge in [0.05, 0.1) is 11.8 Å². The highest BCUT2D eigenvalue weighted by atomic mass is 35.5. The lowest BCUT2D eigenvalue weighted by Crippen LogP contribution is -2.46. The second kappa shape index (κ2) is 8.37. The third kappa shape index (κ3) is 4.05. The molecule has 1 heterocycles. The molecule has 8 heteroatoms. The van der Waals surface area contributed by atoms with Gasteiger partial charge in [-0.3, -0.25) is 19.3 Å². The number of fused-ring (bicyclic) bond motifs is 1. The van der Waals surface area contributed by atoms with Gasteiger partial charge in [-0.1, -0.05) is 29.8 Å². The summed E-state index contributed by atoms with van der Waals surface area (Å²) in [4.78, 5) is 51.1. The molecule has 4 atom stereocenters. The van der Waals surface area contributed by atoms with Crippen LogP contribution in [-0.4, -0.2) is 40.7 Å². The van der Waals surface area contributed by atoms with Gasteiger partial charge in [0.25, 0.3) is 5.91 Å². The number of amides is 3. The maximum Gasteiger partial charge on any atom is 0.329 e. The number of allylic oxidation sites excluding steroid dienone is 2. The number of imide groups is 1. The zero-order valence-corrected chi connectivity index (χ0v) is 17.2. The number of hydrogen-bond acceptors (Lipinski definition) is 5. The van der Waals surface area contributed by atoms with Crippen LogP contribution in [-0.2, 0) is 23.9 Å². The first-order chi connectivity index (χ1) is 13.7. The second-order valence-corrected chi connectivity index (χ2v) is 7.77. The lowest BCUT2D eigenvalue weighted by Gasteiger charge is -2.23. The van der Waals surface area contributed by atoms with Crippen molar-refractivity contribution >= 4 is 41.0 Å². The third-order valence-corrected chi connectivity index (χ3v) is 5.87. The number of carbonyl (C=O) groups is 4. The van der Waals surface area contributed by atoms with E-state index in [0.717, 1.165) is 4.90 Å². The van der Waals surface area contributed by atoms with Gasteiger partial charge >= 0.3 is 5.97 Å². The van der Waals surface area contributed by atoms with Crippen LogP contribution in [0, 0.1) is 18.8 Å². The molecule has 0 bridgehead atoms. The molecule has 3 rings (SSSR count). The topological polar surface area (TPSA) is 92.8 Å². The zero-order chi connectivity index (χ0) is 21.3. The Kier molecular flexibility index (Phi) is 6.07. The minimum atomic E-state index is -1.11. The lowest BCUT2D eigenvalue weighted by atomic mass is 9.85. The van der Waals surface area contributed by atoms with E-state index in [4.69, 9.17) is 16.3 Å². The molecule has 1 saturated heterocycles. The summed E-state index contributed by atoms with van der Waals surface area (Å²) in [6, 6.07) is 3.99. The SMILES string of the molecule is Cc1c(Cl)cccc1NC(=O)[C@@H](C)OC(=O)[C@H](C)N1C(=O)[C@H]2CC=CC[C@@H]2C1=O. The van der Waals surface area contributed by atoms with E-state index in [1.807, 2.05) is 12.2 Å². The van der Waals surface area contributed by atoms with Crippen LogP contribution in [0.3, 0.4) is 0 Å². The van der Waals surface area contributed by atoms with Crippen molar-refractivity contribution in [3.63, 3.8) is 0 Å². The minimum Gasteiger partial charge on any atom is -0.451 e. The number of nitrogens with zero attached hydrogens (tertiary/aromatic N) is 1. The Bertz CT molecular complexity index is 871. The molecule has 29 heavy (non-hydrogen) atoms. The van der Waals surface area contributed by atoms with Crippen LogP contribution in [0.1, 0.15) is 32.3 Å². The quantitative estimate of drug-likeness (QED) is 0.451. The lowest BCUT2D eigenvalue weighted by molar-refractivity contribution is -0.163. The molecule has 0 spiro atoms. The Morgan fingerprint density at radius 3 is 2.31 bits per heavy atom. The summed E-state index contributed by atoms with van der Waals surface area (Å²) >= 11 is 6.04. The van der Waals surface area contributed by atoms with Crippen molar-refractivity contribution in [3.8, 4) is 0 Å². The number of carbonyl (C=O) groups excluding carboxylic acids is 4. The van der Waals surface area contributed by atoms with Crippen LogP contribution >= 0.6 is 11.6 Å². The van der Waals surface area contributed by atoms with Crippen LogP contribution in [0.2, 0.25) is 5.02 Å². The van der Waals surface area contributed by atoms with Crippen LogP contribution in [0.25, 0.3) is 0 Å². The molecule has 1 N–H and O–H groups in total. The fourth-order valence-corrected chi connectivity index (χ4v) is 3.79. The standard InChI is InChI=1S/C21H23ClN2O5/c1-11-16(22)9-6-10-17(11)23-18(25)13(3)29-21(28)12(2)24-19(26)14-7-4-5-8-15(14)20(24)27/h4-6,9-10,12-15H,7-8H2,1-3H3,(H,23,25)/t12-,13+,14-,15-/m0/s1. The van der Waals surface area contributed by atoms with Gasteiger partial charge < -0.3 is 10.1 Å². The second-order valence-electron chi connectivity index (χ2n) is 7.36. The van der Waals surface area contributed by atoms with E-state index in [9.17, 15) is 19.2 Å². The molecule has 1 fully saturated rings. The van der Waals surface area contributed by atoms with Gasteiger partial charge in [-0.25, -0.2) is 4.79 Å². The van der Waals surface area contributed by atoms with Crippen LogP contribution in [0.15, 0.2) is 30.4 Å². The van der Waals surface area contributed by atoms with E-state index in [1.54, 1.807) is 25.1 Å². The Morgan fingerprint density at radius 2 is 1.72 bits per heavy atom. The predicted molar refractivity (Wildman–Crippen MR) is 107 cm³/mol. The van der Waals surface area contributed by atoms with E-state index in [-0.39, 0.29) is 11.8 Å². The molecule has 7 nitrogen and oxygen atoms in total. The summed E-state index contributed by atoms with van der Waals surface area (Å²) in [7, 11) is 0. The Morgan fingerprint density at radius 1 is 1.14 bits per heavy atom. The molecule has 0 radical (unpaired) electrons. The molecular formula is C21H23ClN2O5. The predicted octanol–water partition coefficient (Wildman–Crippen LogP) is 2.86. The Labute approximate surface area is 174 Å².